The molecule has 1 fully saturated rings. The molecular formula is C9H13N3O. The molecule has 0 aromatic carbocycles. The van der Waals surface area contributed by atoms with E-state index in [9.17, 15) is 0 Å². The first kappa shape index (κ1) is 9.98. The standard InChI is InChI=1S/C9H13N3O/c10-4-9(5-11)12-3-1-2-8(6-12)7-13/h8-9,13H,1-3,6-7H2. The van der Waals surface area contributed by atoms with Crippen LogP contribution < -0.4 is 0 Å². The summed E-state index contributed by atoms with van der Waals surface area (Å²) in [5, 5.41) is 26.3. The maximum atomic E-state index is 8.94. The van der Waals surface area contributed by atoms with Gasteiger partial charge in [0.05, 0.1) is 12.1 Å². The van der Waals surface area contributed by atoms with Gasteiger partial charge in [0.1, 0.15) is 0 Å². The molecule has 1 aliphatic heterocycles. The van der Waals surface area contributed by atoms with Crippen LogP contribution in [-0.2, 0) is 0 Å². The number of nitriles is 2. The fourth-order valence-corrected chi connectivity index (χ4v) is 1.67. The van der Waals surface area contributed by atoms with E-state index in [1.165, 1.54) is 0 Å². The molecule has 1 saturated heterocycles. The summed E-state index contributed by atoms with van der Waals surface area (Å²) in [6, 6.07) is 3.25. The van der Waals surface area contributed by atoms with Gasteiger partial charge < -0.3 is 5.11 Å². The van der Waals surface area contributed by atoms with Gasteiger partial charge in [-0.05, 0) is 18.8 Å². The zero-order valence-electron chi connectivity index (χ0n) is 7.48. The second kappa shape index (κ2) is 4.81. The molecule has 4 nitrogen and oxygen atoms in total. The third kappa shape index (κ3) is 2.42. The van der Waals surface area contributed by atoms with Crippen LogP contribution in [0.5, 0.6) is 0 Å². The minimum atomic E-state index is -0.644. The van der Waals surface area contributed by atoms with E-state index in [2.05, 4.69) is 0 Å². The van der Waals surface area contributed by atoms with Crippen molar-refractivity contribution in [3.63, 3.8) is 0 Å². The number of nitrogens with zero attached hydrogens (tertiary/aromatic N) is 3. The second-order valence-electron chi connectivity index (χ2n) is 3.35. The van der Waals surface area contributed by atoms with Gasteiger partial charge in [-0.1, -0.05) is 0 Å². The molecular weight excluding hydrogens is 166 g/mol. The number of piperidine rings is 1. The second-order valence-corrected chi connectivity index (χ2v) is 3.35. The van der Waals surface area contributed by atoms with Crippen molar-refractivity contribution >= 4 is 0 Å². The summed E-state index contributed by atoms with van der Waals surface area (Å²) < 4.78 is 0. The van der Waals surface area contributed by atoms with Crippen molar-refractivity contribution in [2.45, 2.75) is 18.9 Å². The fourth-order valence-electron chi connectivity index (χ4n) is 1.67. The molecule has 1 N–H and O–H groups in total. The maximum absolute atomic E-state index is 8.94. The topological polar surface area (TPSA) is 71.0 Å². The number of hydrogen-bond donors (Lipinski definition) is 1. The number of hydrogen-bond acceptors (Lipinski definition) is 4. The lowest BCUT2D eigenvalue weighted by Gasteiger charge is -2.31. The molecule has 70 valence electrons. The van der Waals surface area contributed by atoms with Crippen molar-refractivity contribution in [2.75, 3.05) is 19.7 Å². The van der Waals surface area contributed by atoms with Gasteiger partial charge >= 0.3 is 0 Å². The molecule has 0 aromatic heterocycles. The molecule has 0 amide bonds. The Labute approximate surface area is 78.0 Å². The average molecular weight is 179 g/mol. The van der Waals surface area contributed by atoms with Gasteiger partial charge in [0.15, 0.2) is 6.04 Å². The number of aliphatic hydroxyl groups excluding tert-OH is 1. The molecule has 1 rings (SSSR count). The van der Waals surface area contributed by atoms with Crippen LogP contribution in [0.2, 0.25) is 0 Å². The van der Waals surface area contributed by atoms with Crippen molar-refractivity contribution in [3.05, 3.63) is 0 Å². The van der Waals surface area contributed by atoms with Gasteiger partial charge in [0.2, 0.25) is 0 Å². The molecule has 13 heavy (non-hydrogen) atoms. The lowest BCUT2D eigenvalue weighted by molar-refractivity contribution is 0.117. The Morgan fingerprint density at radius 1 is 1.46 bits per heavy atom. The Balaban J connectivity index is 2.52. The van der Waals surface area contributed by atoms with Crippen molar-refractivity contribution in [3.8, 4) is 12.1 Å². The molecule has 0 saturated carbocycles. The maximum Gasteiger partial charge on any atom is 0.186 e. The summed E-state index contributed by atoms with van der Waals surface area (Å²) >= 11 is 0. The van der Waals surface area contributed by atoms with Gasteiger partial charge in [0.25, 0.3) is 0 Å². The molecule has 1 heterocycles. The highest BCUT2D eigenvalue weighted by atomic mass is 16.3. The zero-order valence-corrected chi connectivity index (χ0v) is 7.48. The van der Waals surface area contributed by atoms with E-state index in [1.807, 2.05) is 17.0 Å². The molecule has 1 unspecified atom stereocenters. The monoisotopic (exact) mass is 179 g/mol. The summed E-state index contributed by atoms with van der Waals surface area (Å²) in [5.74, 6) is 0.234. The predicted octanol–water partition coefficient (Wildman–Crippen LogP) is 0.106. The summed E-state index contributed by atoms with van der Waals surface area (Å²) in [6.45, 7) is 1.62. The van der Waals surface area contributed by atoms with E-state index in [4.69, 9.17) is 15.6 Å². The summed E-state index contributed by atoms with van der Waals surface area (Å²) in [5.41, 5.74) is 0. The molecule has 0 radical (unpaired) electrons. The lowest BCUT2D eigenvalue weighted by atomic mass is 9.98. The molecule has 1 atom stereocenters. The van der Waals surface area contributed by atoms with Crippen LogP contribution in [0.1, 0.15) is 12.8 Å². The Hall–Kier alpha value is -1.10. The smallest absolute Gasteiger partial charge is 0.186 e. The highest BCUT2D eigenvalue weighted by Crippen LogP contribution is 2.17. The average Bonchev–Trinajstić information content (AvgIpc) is 2.20. The van der Waals surface area contributed by atoms with Crippen molar-refractivity contribution in [2.24, 2.45) is 5.92 Å². The molecule has 4 heteroatoms. The van der Waals surface area contributed by atoms with Crippen LogP contribution in [0.15, 0.2) is 0 Å². The first-order valence-electron chi connectivity index (χ1n) is 4.46. The van der Waals surface area contributed by atoms with E-state index in [0.717, 1.165) is 19.4 Å². The molecule has 1 aliphatic rings. The van der Waals surface area contributed by atoms with E-state index >= 15 is 0 Å². The van der Waals surface area contributed by atoms with E-state index in [0.29, 0.717) is 6.54 Å². The fraction of sp³-hybridized carbons (Fsp3) is 0.778. The van der Waals surface area contributed by atoms with E-state index < -0.39 is 6.04 Å². The summed E-state index contributed by atoms with van der Waals surface area (Å²) in [7, 11) is 0. The third-order valence-corrected chi connectivity index (χ3v) is 2.42. The van der Waals surface area contributed by atoms with E-state index in [-0.39, 0.29) is 12.5 Å². The van der Waals surface area contributed by atoms with E-state index in [1.54, 1.807) is 0 Å². The molecule has 0 aromatic rings. The normalized spacial score (nSPS) is 23.8. The highest BCUT2D eigenvalue weighted by Gasteiger charge is 2.24. The first-order valence-corrected chi connectivity index (χ1v) is 4.46. The van der Waals surface area contributed by atoms with Gasteiger partial charge in [-0.2, -0.15) is 10.5 Å². The largest absolute Gasteiger partial charge is 0.396 e. The SMILES string of the molecule is N#CC(C#N)N1CCCC(CO)C1. The molecule has 0 aliphatic carbocycles. The van der Waals surface area contributed by atoms with Gasteiger partial charge in [-0.15, -0.1) is 0 Å². The Morgan fingerprint density at radius 3 is 2.69 bits per heavy atom. The minimum absolute atomic E-state index is 0.153. The Morgan fingerprint density at radius 2 is 2.15 bits per heavy atom. The zero-order chi connectivity index (χ0) is 9.68. The number of aliphatic hydroxyl groups is 1. The van der Waals surface area contributed by atoms with Crippen molar-refractivity contribution in [1.29, 1.82) is 10.5 Å². The van der Waals surface area contributed by atoms with Crippen LogP contribution in [-0.4, -0.2) is 35.7 Å². The Bertz CT molecular complexity index is 226. The highest BCUT2D eigenvalue weighted by molar-refractivity contribution is 5.07. The van der Waals surface area contributed by atoms with Gasteiger partial charge in [0, 0.05) is 19.7 Å². The summed E-state index contributed by atoms with van der Waals surface area (Å²) in [4.78, 5) is 1.84. The predicted molar refractivity (Wildman–Crippen MR) is 46.4 cm³/mol. The van der Waals surface area contributed by atoms with Crippen LogP contribution in [0.3, 0.4) is 0 Å². The number of likely N-dealkylation sites (tertiary alicyclic amines) is 1. The minimum Gasteiger partial charge on any atom is -0.396 e. The molecule has 0 spiro atoms. The lowest BCUT2D eigenvalue weighted by Crippen LogP contribution is -2.42. The van der Waals surface area contributed by atoms with Crippen molar-refractivity contribution < 1.29 is 5.11 Å². The van der Waals surface area contributed by atoms with Crippen molar-refractivity contribution in [1.82, 2.24) is 4.90 Å². The van der Waals surface area contributed by atoms with Crippen LogP contribution in [0.25, 0.3) is 0 Å². The quantitative estimate of drug-likeness (QED) is 0.653. The van der Waals surface area contributed by atoms with Crippen LogP contribution in [0.4, 0.5) is 0 Å². The Kier molecular flexibility index (Phi) is 3.70. The van der Waals surface area contributed by atoms with Crippen LogP contribution >= 0.6 is 0 Å². The first-order chi connectivity index (χ1) is 6.31. The number of rotatable bonds is 2. The third-order valence-electron chi connectivity index (χ3n) is 2.42. The summed E-state index contributed by atoms with van der Waals surface area (Å²) in [6.07, 6.45) is 1.96. The van der Waals surface area contributed by atoms with Gasteiger partial charge in [-0.3, -0.25) is 4.90 Å². The van der Waals surface area contributed by atoms with Crippen LogP contribution in [0, 0.1) is 28.6 Å². The van der Waals surface area contributed by atoms with Gasteiger partial charge in [-0.25, -0.2) is 0 Å². The molecule has 0 bridgehead atoms.